The Balaban J connectivity index is 1.49. The number of carbonyl (C=O) groups excluding carboxylic acids is 1. The zero-order chi connectivity index (χ0) is 20.5. The van der Waals surface area contributed by atoms with Crippen LogP contribution in [0.25, 0.3) is 0 Å². The van der Waals surface area contributed by atoms with Gasteiger partial charge < -0.3 is 10.1 Å². The van der Waals surface area contributed by atoms with Crippen LogP contribution in [0.15, 0.2) is 78.9 Å². The number of ether oxygens (including phenoxy) is 1. The molecule has 0 aliphatic carbocycles. The van der Waals surface area contributed by atoms with Crippen LogP contribution < -0.4 is 10.1 Å². The highest BCUT2D eigenvalue weighted by Crippen LogP contribution is 2.27. The van der Waals surface area contributed by atoms with E-state index in [4.69, 9.17) is 4.74 Å². The summed E-state index contributed by atoms with van der Waals surface area (Å²) in [5.74, 6) is 1.14. The van der Waals surface area contributed by atoms with Gasteiger partial charge in [-0.05, 0) is 48.6 Å². The normalized spacial score (nSPS) is 10.7. The fourth-order valence-electron chi connectivity index (χ4n) is 3.46. The second-order valence-electron chi connectivity index (χ2n) is 7.38. The quantitative estimate of drug-likeness (QED) is 0.533. The molecule has 0 spiro atoms. The van der Waals surface area contributed by atoms with Crippen molar-refractivity contribution in [3.63, 3.8) is 0 Å². The van der Waals surface area contributed by atoms with Crippen LogP contribution in [0.5, 0.6) is 5.75 Å². The molecule has 3 heteroatoms. The van der Waals surface area contributed by atoms with Crippen LogP contribution in [0.3, 0.4) is 0 Å². The molecule has 0 atom stereocenters. The zero-order valence-electron chi connectivity index (χ0n) is 17.2. The first-order chi connectivity index (χ1) is 14.1. The summed E-state index contributed by atoms with van der Waals surface area (Å²) in [7, 11) is 0. The van der Waals surface area contributed by atoms with Crippen LogP contribution in [0.1, 0.15) is 41.0 Å². The monoisotopic (exact) mass is 387 g/mol. The molecule has 0 aromatic heterocycles. The first kappa shape index (κ1) is 20.7. The Morgan fingerprint density at radius 1 is 0.897 bits per heavy atom. The Kier molecular flexibility index (Phi) is 7.46. The van der Waals surface area contributed by atoms with Crippen LogP contribution >= 0.6 is 0 Å². The van der Waals surface area contributed by atoms with E-state index in [1.807, 2.05) is 38.1 Å². The fourth-order valence-corrected chi connectivity index (χ4v) is 3.46. The van der Waals surface area contributed by atoms with Gasteiger partial charge in [-0.15, -0.1) is 0 Å². The Morgan fingerprint density at radius 2 is 1.52 bits per heavy atom. The highest BCUT2D eigenvalue weighted by atomic mass is 16.5. The molecule has 3 aromatic carbocycles. The number of rotatable bonds is 9. The summed E-state index contributed by atoms with van der Waals surface area (Å²) in [6.07, 6.45) is 1.21. The molecule has 1 N–H and O–H groups in total. The largest absolute Gasteiger partial charge is 0.493 e. The maximum Gasteiger partial charge on any atom is 0.223 e. The van der Waals surface area contributed by atoms with Crippen LogP contribution in [0.4, 0.5) is 0 Å². The van der Waals surface area contributed by atoms with Crippen LogP contribution in [0, 0.1) is 13.8 Å². The van der Waals surface area contributed by atoms with Gasteiger partial charge in [0.05, 0.1) is 13.0 Å². The predicted molar refractivity (Wildman–Crippen MR) is 118 cm³/mol. The summed E-state index contributed by atoms with van der Waals surface area (Å²) < 4.78 is 5.79. The number of amides is 1. The van der Waals surface area contributed by atoms with Crippen molar-refractivity contribution in [2.75, 3.05) is 13.2 Å². The lowest BCUT2D eigenvalue weighted by molar-refractivity contribution is -0.121. The number of aryl methyl sites for hydroxylation is 2. The van der Waals surface area contributed by atoms with Gasteiger partial charge in [-0.2, -0.15) is 0 Å². The molecule has 0 saturated heterocycles. The van der Waals surface area contributed by atoms with Gasteiger partial charge >= 0.3 is 0 Å². The van der Waals surface area contributed by atoms with E-state index in [1.54, 1.807) is 0 Å². The van der Waals surface area contributed by atoms with Crippen LogP contribution in [0.2, 0.25) is 0 Å². The van der Waals surface area contributed by atoms with Crippen molar-refractivity contribution >= 4 is 5.91 Å². The Labute approximate surface area is 173 Å². The number of nitrogens with one attached hydrogen (secondary N) is 1. The summed E-state index contributed by atoms with van der Waals surface area (Å²) in [6.45, 7) is 5.07. The molecule has 0 unspecified atom stereocenters. The molecule has 150 valence electrons. The van der Waals surface area contributed by atoms with Crippen molar-refractivity contribution in [3.05, 3.63) is 101 Å². The van der Waals surface area contributed by atoms with Gasteiger partial charge in [0.2, 0.25) is 5.91 Å². The van der Waals surface area contributed by atoms with Gasteiger partial charge in [-0.3, -0.25) is 4.79 Å². The molecular weight excluding hydrogens is 358 g/mol. The molecule has 3 aromatic rings. The lowest BCUT2D eigenvalue weighted by atomic mass is 9.88. The van der Waals surface area contributed by atoms with Crippen molar-refractivity contribution in [2.45, 2.75) is 32.6 Å². The van der Waals surface area contributed by atoms with E-state index in [9.17, 15) is 4.79 Å². The third kappa shape index (κ3) is 6.21. The first-order valence-electron chi connectivity index (χ1n) is 10.2. The summed E-state index contributed by atoms with van der Waals surface area (Å²) in [6, 6.07) is 27.0. The SMILES string of the molecule is Cc1ccc(C)c(OCCC(=O)NCCC(c2ccccc2)c2ccccc2)c1. The standard InChI is InChI=1S/C26H29NO2/c1-20-13-14-21(2)25(19-20)29-18-16-26(28)27-17-15-24(22-9-5-3-6-10-22)23-11-7-4-8-12-23/h3-14,19,24H,15-18H2,1-2H3,(H,27,28). The van der Waals surface area contributed by atoms with Gasteiger partial charge in [0.15, 0.2) is 0 Å². The molecule has 3 rings (SSSR count). The number of hydrogen-bond acceptors (Lipinski definition) is 2. The molecule has 3 nitrogen and oxygen atoms in total. The average Bonchev–Trinajstić information content (AvgIpc) is 2.75. The summed E-state index contributed by atoms with van der Waals surface area (Å²) in [5.41, 5.74) is 4.78. The number of hydrogen-bond donors (Lipinski definition) is 1. The minimum atomic E-state index is 0.0233. The molecule has 29 heavy (non-hydrogen) atoms. The van der Waals surface area contributed by atoms with Gasteiger partial charge in [0.25, 0.3) is 0 Å². The third-order valence-electron chi connectivity index (χ3n) is 5.09. The average molecular weight is 388 g/mol. The van der Waals surface area contributed by atoms with Crippen molar-refractivity contribution in [3.8, 4) is 5.75 Å². The molecule has 0 aliphatic rings. The van der Waals surface area contributed by atoms with E-state index in [0.29, 0.717) is 19.6 Å². The lowest BCUT2D eigenvalue weighted by Gasteiger charge is -2.18. The number of benzene rings is 3. The van der Waals surface area contributed by atoms with Gasteiger partial charge in [0, 0.05) is 12.5 Å². The van der Waals surface area contributed by atoms with E-state index < -0.39 is 0 Å². The number of carbonyl (C=O) groups is 1. The Hall–Kier alpha value is -3.07. The second-order valence-corrected chi connectivity index (χ2v) is 7.38. The second kappa shape index (κ2) is 10.5. The van der Waals surface area contributed by atoms with Crippen LogP contribution in [-0.2, 0) is 4.79 Å². The highest BCUT2D eigenvalue weighted by Gasteiger charge is 2.14. The van der Waals surface area contributed by atoms with Crippen molar-refractivity contribution in [1.29, 1.82) is 0 Å². The van der Waals surface area contributed by atoms with Gasteiger partial charge in [-0.1, -0.05) is 72.8 Å². The lowest BCUT2D eigenvalue weighted by Crippen LogP contribution is -2.27. The van der Waals surface area contributed by atoms with Crippen molar-refractivity contribution < 1.29 is 9.53 Å². The summed E-state index contributed by atoms with van der Waals surface area (Å²) in [5, 5.41) is 3.05. The maximum absolute atomic E-state index is 12.2. The maximum atomic E-state index is 12.2. The first-order valence-corrected chi connectivity index (χ1v) is 10.2. The molecule has 0 fully saturated rings. The molecule has 0 radical (unpaired) electrons. The molecule has 0 bridgehead atoms. The molecule has 0 aliphatic heterocycles. The minimum Gasteiger partial charge on any atom is -0.493 e. The van der Waals surface area contributed by atoms with Gasteiger partial charge in [0.1, 0.15) is 5.75 Å². The van der Waals surface area contributed by atoms with E-state index in [0.717, 1.165) is 23.3 Å². The highest BCUT2D eigenvalue weighted by molar-refractivity contribution is 5.76. The minimum absolute atomic E-state index is 0.0233. The predicted octanol–water partition coefficient (Wildman–Crippen LogP) is 5.41. The van der Waals surface area contributed by atoms with Crippen molar-refractivity contribution in [1.82, 2.24) is 5.32 Å². The molecule has 0 saturated carbocycles. The molecule has 0 heterocycles. The summed E-state index contributed by atoms with van der Waals surface area (Å²) >= 11 is 0. The van der Waals surface area contributed by atoms with E-state index >= 15 is 0 Å². The topological polar surface area (TPSA) is 38.3 Å². The molecular formula is C26H29NO2. The van der Waals surface area contributed by atoms with Crippen LogP contribution in [-0.4, -0.2) is 19.1 Å². The van der Waals surface area contributed by atoms with Crippen molar-refractivity contribution in [2.24, 2.45) is 0 Å². The zero-order valence-corrected chi connectivity index (χ0v) is 17.2. The molecule has 1 amide bonds. The van der Waals surface area contributed by atoms with E-state index in [1.165, 1.54) is 11.1 Å². The smallest absolute Gasteiger partial charge is 0.223 e. The fraction of sp³-hybridized carbons (Fsp3) is 0.269. The van der Waals surface area contributed by atoms with E-state index in [2.05, 4.69) is 59.9 Å². The van der Waals surface area contributed by atoms with E-state index in [-0.39, 0.29) is 11.8 Å². The Morgan fingerprint density at radius 3 is 2.14 bits per heavy atom. The third-order valence-corrected chi connectivity index (χ3v) is 5.09. The Bertz CT molecular complexity index is 867. The van der Waals surface area contributed by atoms with Gasteiger partial charge in [-0.25, -0.2) is 0 Å². The summed E-state index contributed by atoms with van der Waals surface area (Å²) in [4.78, 5) is 12.2.